The molecular weight excluding hydrogens is 484 g/mol. The molecule has 1 unspecified atom stereocenters. The molecule has 0 amide bonds. The lowest BCUT2D eigenvalue weighted by atomic mass is 9.94. The first-order valence-corrected chi connectivity index (χ1v) is 12.4. The van der Waals surface area contributed by atoms with E-state index in [2.05, 4.69) is 15.9 Å². The molecule has 0 N–H and O–H groups in total. The van der Waals surface area contributed by atoms with E-state index < -0.39 is 11.9 Å². The zero-order valence-electron chi connectivity index (χ0n) is 19.2. The van der Waals surface area contributed by atoms with E-state index in [4.69, 9.17) is 9.47 Å². The summed E-state index contributed by atoms with van der Waals surface area (Å²) >= 11 is 3.42. The van der Waals surface area contributed by atoms with Crippen LogP contribution >= 0.6 is 15.9 Å². The fourth-order valence-electron chi connectivity index (χ4n) is 3.36. The van der Waals surface area contributed by atoms with E-state index in [0.717, 1.165) is 30.2 Å². The summed E-state index contributed by atoms with van der Waals surface area (Å²) in [4.78, 5) is 37.5. The Hall–Kier alpha value is -2.73. The second-order valence-corrected chi connectivity index (χ2v) is 8.30. The molecule has 0 radical (unpaired) electrons. The van der Waals surface area contributed by atoms with Crippen molar-refractivity contribution in [3.05, 3.63) is 82.9 Å². The Morgan fingerprint density at radius 3 is 2.27 bits per heavy atom. The third kappa shape index (κ3) is 8.61. The van der Waals surface area contributed by atoms with Gasteiger partial charge in [0.25, 0.3) is 0 Å². The molecule has 0 saturated carbocycles. The van der Waals surface area contributed by atoms with Crippen LogP contribution in [0.25, 0.3) is 0 Å². The predicted octanol–water partition coefficient (Wildman–Crippen LogP) is 5.94. The van der Waals surface area contributed by atoms with Gasteiger partial charge in [-0.15, -0.1) is 0 Å². The van der Waals surface area contributed by atoms with E-state index in [1.54, 1.807) is 56.3 Å². The summed E-state index contributed by atoms with van der Waals surface area (Å²) < 4.78 is 10.3. The van der Waals surface area contributed by atoms with Gasteiger partial charge in [0, 0.05) is 16.5 Å². The Morgan fingerprint density at radius 2 is 1.58 bits per heavy atom. The molecule has 6 heteroatoms. The van der Waals surface area contributed by atoms with Gasteiger partial charge in [-0.3, -0.25) is 9.59 Å². The number of carbonyl (C=O) groups excluding carboxylic acids is 3. The van der Waals surface area contributed by atoms with Crippen molar-refractivity contribution in [1.29, 1.82) is 0 Å². The van der Waals surface area contributed by atoms with Crippen LogP contribution < -0.4 is 0 Å². The zero-order chi connectivity index (χ0) is 24.1. The summed E-state index contributed by atoms with van der Waals surface area (Å²) in [6, 6.07) is 13.7. The van der Waals surface area contributed by atoms with Gasteiger partial charge >= 0.3 is 11.9 Å². The van der Waals surface area contributed by atoms with Crippen LogP contribution in [0.15, 0.2) is 60.7 Å². The number of hydrogen-bond acceptors (Lipinski definition) is 5. The quantitative estimate of drug-likeness (QED) is 0.109. The Labute approximate surface area is 204 Å². The standard InChI is InChI=1S/C27H31BrO5/c1-3-32-26(30)23(12-7-5-6-8-16-28)18-20-11-9-13-21(17-20)25(29)22-14-10-15-24(19-22)27(31)33-4-2/h7,9-15,17,19,23H,3-6,8,16,18H2,1-2H3. The Kier molecular flexibility index (Phi) is 11.6. The van der Waals surface area contributed by atoms with Crippen molar-refractivity contribution in [3.8, 4) is 0 Å². The number of ketones is 1. The largest absolute Gasteiger partial charge is 0.466 e. The SMILES string of the molecule is CCOC(=O)c1cccc(C(=O)c2cccc(CC(C=CCCCCBr)C(=O)OCC)c2)c1. The molecule has 5 nitrogen and oxygen atoms in total. The lowest BCUT2D eigenvalue weighted by molar-refractivity contribution is -0.146. The number of benzene rings is 2. The smallest absolute Gasteiger partial charge is 0.338 e. The van der Waals surface area contributed by atoms with Crippen LogP contribution in [0.5, 0.6) is 0 Å². The van der Waals surface area contributed by atoms with Crippen molar-refractivity contribution in [2.24, 2.45) is 5.92 Å². The molecule has 0 aliphatic rings. The minimum atomic E-state index is -0.457. The molecule has 176 valence electrons. The zero-order valence-corrected chi connectivity index (χ0v) is 20.8. The van der Waals surface area contributed by atoms with Crippen LogP contribution in [0.3, 0.4) is 0 Å². The van der Waals surface area contributed by atoms with E-state index in [1.165, 1.54) is 0 Å². The summed E-state index contributed by atoms with van der Waals surface area (Å²) in [5, 5.41) is 0.964. The minimum Gasteiger partial charge on any atom is -0.466 e. The van der Waals surface area contributed by atoms with Crippen molar-refractivity contribution in [2.75, 3.05) is 18.5 Å². The van der Waals surface area contributed by atoms with Crippen LogP contribution in [0.1, 0.15) is 65.0 Å². The van der Waals surface area contributed by atoms with Gasteiger partial charge in [-0.2, -0.15) is 0 Å². The molecule has 2 aromatic carbocycles. The summed E-state index contributed by atoms with van der Waals surface area (Å²) in [6.07, 6.45) is 7.40. The van der Waals surface area contributed by atoms with Gasteiger partial charge in [0.2, 0.25) is 0 Å². The first-order valence-electron chi connectivity index (χ1n) is 11.3. The molecule has 1 atom stereocenters. The highest BCUT2D eigenvalue weighted by Crippen LogP contribution is 2.18. The number of alkyl halides is 1. The molecular formula is C27H31BrO5. The first kappa shape index (κ1) is 26.5. The summed E-state index contributed by atoms with van der Waals surface area (Å²) in [7, 11) is 0. The highest BCUT2D eigenvalue weighted by atomic mass is 79.9. The van der Waals surface area contributed by atoms with Gasteiger partial charge in [0.15, 0.2) is 5.78 Å². The van der Waals surface area contributed by atoms with Crippen LogP contribution in [0.2, 0.25) is 0 Å². The van der Waals surface area contributed by atoms with Crippen LogP contribution in [0.4, 0.5) is 0 Å². The van der Waals surface area contributed by atoms with E-state index in [1.807, 2.05) is 18.2 Å². The number of esters is 2. The number of rotatable bonds is 13. The van der Waals surface area contributed by atoms with Crippen molar-refractivity contribution < 1.29 is 23.9 Å². The molecule has 0 saturated heterocycles. The molecule has 0 fully saturated rings. The van der Waals surface area contributed by atoms with Gasteiger partial charge in [0.1, 0.15) is 0 Å². The topological polar surface area (TPSA) is 69.7 Å². The molecule has 2 rings (SSSR count). The first-order chi connectivity index (χ1) is 16.0. The highest BCUT2D eigenvalue weighted by molar-refractivity contribution is 9.09. The third-order valence-corrected chi connectivity index (χ3v) is 5.55. The van der Waals surface area contributed by atoms with E-state index in [0.29, 0.717) is 29.7 Å². The fraction of sp³-hybridized carbons (Fsp3) is 0.370. The molecule has 0 aliphatic carbocycles. The van der Waals surface area contributed by atoms with Crippen molar-refractivity contribution in [1.82, 2.24) is 0 Å². The molecule has 0 aromatic heterocycles. The monoisotopic (exact) mass is 514 g/mol. The van der Waals surface area contributed by atoms with Crippen molar-refractivity contribution in [3.63, 3.8) is 0 Å². The Bertz CT molecular complexity index is 966. The fourth-order valence-corrected chi connectivity index (χ4v) is 3.75. The number of ether oxygens (including phenoxy) is 2. The van der Waals surface area contributed by atoms with Crippen LogP contribution in [-0.2, 0) is 20.7 Å². The van der Waals surface area contributed by atoms with Gasteiger partial charge in [0.05, 0.1) is 24.7 Å². The maximum Gasteiger partial charge on any atom is 0.338 e. The summed E-state index contributed by atoms with van der Waals surface area (Å²) in [5.74, 6) is -1.33. The van der Waals surface area contributed by atoms with E-state index in [9.17, 15) is 14.4 Å². The molecule has 33 heavy (non-hydrogen) atoms. The lowest BCUT2D eigenvalue weighted by Gasteiger charge is -2.13. The molecule has 0 heterocycles. The van der Waals surface area contributed by atoms with E-state index in [-0.39, 0.29) is 18.4 Å². The maximum atomic E-state index is 13.1. The second-order valence-electron chi connectivity index (χ2n) is 7.51. The average Bonchev–Trinajstić information content (AvgIpc) is 2.83. The second kappa shape index (κ2) is 14.4. The van der Waals surface area contributed by atoms with E-state index >= 15 is 0 Å². The third-order valence-electron chi connectivity index (χ3n) is 4.99. The van der Waals surface area contributed by atoms with Crippen molar-refractivity contribution in [2.45, 2.75) is 39.5 Å². The normalized spacial score (nSPS) is 11.8. The van der Waals surface area contributed by atoms with Crippen LogP contribution in [-0.4, -0.2) is 36.3 Å². The number of unbranched alkanes of at least 4 members (excludes halogenated alkanes) is 2. The van der Waals surface area contributed by atoms with Gasteiger partial charge in [-0.1, -0.05) is 58.4 Å². The number of carbonyl (C=O) groups is 3. The summed E-state index contributed by atoms with van der Waals surface area (Å²) in [5.41, 5.74) is 2.11. The maximum absolute atomic E-state index is 13.1. The minimum absolute atomic E-state index is 0.194. The lowest BCUT2D eigenvalue weighted by Crippen LogP contribution is -2.18. The number of halogens is 1. The van der Waals surface area contributed by atoms with Crippen molar-refractivity contribution >= 4 is 33.7 Å². The molecule has 0 aliphatic heterocycles. The van der Waals surface area contributed by atoms with Gasteiger partial charge in [-0.25, -0.2) is 4.79 Å². The number of allylic oxidation sites excluding steroid dienone is 1. The van der Waals surface area contributed by atoms with Gasteiger partial charge < -0.3 is 9.47 Å². The van der Waals surface area contributed by atoms with Gasteiger partial charge in [-0.05, 0) is 63.3 Å². The molecule has 0 spiro atoms. The molecule has 0 bridgehead atoms. The predicted molar refractivity (Wildman–Crippen MR) is 133 cm³/mol. The Morgan fingerprint density at radius 1 is 0.909 bits per heavy atom. The average molecular weight is 515 g/mol. The van der Waals surface area contributed by atoms with Crippen LogP contribution in [0, 0.1) is 5.92 Å². The Balaban J connectivity index is 2.19. The highest BCUT2D eigenvalue weighted by Gasteiger charge is 2.19. The molecule has 2 aromatic rings. The summed E-state index contributed by atoms with van der Waals surface area (Å²) in [6.45, 7) is 4.12. The number of hydrogen-bond donors (Lipinski definition) is 0.